The van der Waals surface area contributed by atoms with Crippen molar-refractivity contribution in [2.75, 3.05) is 0 Å². The lowest BCUT2D eigenvalue weighted by atomic mass is 10.5. The topological polar surface area (TPSA) is 80.6 Å². The van der Waals surface area contributed by atoms with Gasteiger partial charge in [0, 0.05) is 6.20 Å². The van der Waals surface area contributed by atoms with Crippen molar-refractivity contribution in [2.24, 2.45) is 10.7 Å². The zero-order valence-corrected chi connectivity index (χ0v) is 5.64. The fourth-order valence-corrected chi connectivity index (χ4v) is 0.627. The highest BCUT2D eigenvalue weighted by Gasteiger charge is 1.88. The Labute approximate surface area is 62.4 Å². The molecule has 0 spiro atoms. The highest BCUT2D eigenvalue weighted by molar-refractivity contribution is 5.72. The number of nitrogens with zero attached hydrogens (tertiary/aromatic N) is 2. The van der Waals surface area contributed by atoms with Crippen molar-refractivity contribution < 1.29 is 10.0 Å². The summed E-state index contributed by atoms with van der Waals surface area (Å²) in [6.07, 6.45) is 1.35. The Balaban J connectivity index is 3.23. The van der Waals surface area contributed by atoms with E-state index in [-0.39, 0.29) is 5.49 Å². The molecule has 0 saturated heterocycles. The molecule has 3 N–H and O–H groups in total. The predicted molar refractivity (Wildman–Crippen MR) is 36.8 cm³/mol. The molecule has 0 aliphatic heterocycles. The Hall–Kier alpha value is -1.78. The van der Waals surface area contributed by atoms with Crippen LogP contribution in [0.5, 0.6) is 0 Å². The van der Waals surface area contributed by atoms with Gasteiger partial charge in [0.15, 0.2) is 5.49 Å². The highest BCUT2D eigenvalue weighted by atomic mass is 16.5. The Kier molecular flexibility index (Phi) is 1.91. The molecule has 1 aromatic rings. The largest absolute Gasteiger partial charge is 0.427 e. The normalized spacial score (nSPS) is 11.5. The van der Waals surface area contributed by atoms with Crippen LogP contribution in [-0.4, -0.2) is 16.0 Å². The first kappa shape index (κ1) is 7.33. The molecule has 5 nitrogen and oxygen atoms in total. The van der Waals surface area contributed by atoms with Gasteiger partial charge in [0.1, 0.15) is 0 Å². The van der Waals surface area contributed by atoms with E-state index in [0.717, 1.165) is 0 Å². The maximum Gasteiger partial charge on any atom is 0.340 e. The van der Waals surface area contributed by atoms with Crippen LogP contribution in [0.2, 0.25) is 0 Å². The number of aromatic nitrogens is 1. The van der Waals surface area contributed by atoms with Crippen LogP contribution in [0.4, 0.5) is 4.79 Å². The second-order valence-corrected chi connectivity index (χ2v) is 1.85. The average molecular weight is 153 g/mol. The van der Waals surface area contributed by atoms with Gasteiger partial charge < -0.3 is 10.9 Å². The Morgan fingerprint density at radius 3 is 2.91 bits per heavy atom. The summed E-state index contributed by atoms with van der Waals surface area (Å²) in [5.74, 6) is 0. The predicted octanol–water partition coefficient (Wildman–Crippen LogP) is -0.295. The number of carbonyl (C=O) groups is 1. The lowest BCUT2D eigenvalue weighted by molar-refractivity contribution is 0.171. The summed E-state index contributed by atoms with van der Waals surface area (Å²) in [7, 11) is 0. The van der Waals surface area contributed by atoms with Gasteiger partial charge in [-0.1, -0.05) is 6.07 Å². The molecule has 1 heterocycles. The van der Waals surface area contributed by atoms with Crippen LogP contribution in [0.3, 0.4) is 0 Å². The van der Waals surface area contributed by atoms with Crippen LogP contribution < -0.4 is 11.2 Å². The van der Waals surface area contributed by atoms with Crippen LogP contribution in [0.15, 0.2) is 29.4 Å². The van der Waals surface area contributed by atoms with Gasteiger partial charge in [0.05, 0.1) is 0 Å². The number of amides is 2. The number of primary amides is 1. The van der Waals surface area contributed by atoms with Crippen molar-refractivity contribution >= 4 is 6.03 Å². The first-order valence-electron chi connectivity index (χ1n) is 2.91. The Morgan fingerprint density at radius 2 is 2.36 bits per heavy atom. The summed E-state index contributed by atoms with van der Waals surface area (Å²) < 4.78 is 0.713. The van der Waals surface area contributed by atoms with Crippen molar-refractivity contribution in [2.45, 2.75) is 0 Å². The number of urea groups is 1. The lowest BCUT2D eigenvalue weighted by Gasteiger charge is -1.93. The van der Waals surface area contributed by atoms with E-state index < -0.39 is 6.03 Å². The fraction of sp³-hybridized carbons (Fsp3) is 0. The quantitative estimate of drug-likeness (QED) is 0.502. The van der Waals surface area contributed by atoms with Crippen molar-refractivity contribution in [1.29, 1.82) is 0 Å². The number of nitrogens with two attached hydrogens (primary N) is 1. The molecule has 0 unspecified atom stereocenters. The van der Waals surface area contributed by atoms with E-state index in [1.165, 1.54) is 12.3 Å². The van der Waals surface area contributed by atoms with Gasteiger partial charge in [0.25, 0.3) is 0 Å². The molecular weight excluding hydrogens is 146 g/mol. The molecule has 0 radical (unpaired) electrons. The third-order valence-corrected chi connectivity index (χ3v) is 1.04. The first-order valence-corrected chi connectivity index (χ1v) is 2.91. The molecule has 1 aromatic heterocycles. The molecule has 58 valence electrons. The van der Waals surface area contributed by atoms with E-state index in [1.54, 1.807) is 12.1 Å². The summed E-state index contributed by atoms with van der Waals surface area (Å²) in [5, 5.41) is 8.97. The second kappa shape index (κ2) is 2.87. The minimum absolute atomic E-state index is 0.111. The number of rotatable bonds is 0. The molecule has 0 aromatic carbocycles. The van der Waals surface area contributed by atoms with Crippen LogP contribution in [0.25, 0.3) is 0 Å². The monoisotopic (exact) mass is 153 g/mol. The van der Waals surface area contributed by atoms with Gasteiger partial charge in [0.2, 0.25) is 0 Å². The summed E-state index contributed by atoms with van der Waals surface area (Å²) >= 11 is 0. The van der Waals surface area contributed by atoms with Gasteiger partial charge in [-0.25, -0.2) is 4.79 Å². The number of pyridine rings is 1. The van der Waals surface area contributed by atoms with Crippen LogP contribution in [-0.2, 0) is 0 Å². The Bertz CT molecular complexity index is 329. The molecule has 0 fully saturated rings. The van der Waals surface area contributed by atoms with E-state index in [1.807, 2.05) is 0 Å². The molecule has 0 saturated carbocycles. The third-order valence-electron chi connectivity index (χ3n) is 1.04. The van der Waals surface area contributed by atoms with Crippen molar-refractivity contribution in [3.05, 3.63) is 29.9 Å². The first-order chi connectivity index (χ1) is 5.20. The summed E-state index contributed by atoms with van der Waals surface area (Å²) in [6, 6.07) is 3.86. The van der Waals surface area contributed by atoms with E-state index >= 15 is 0 Å². The molecule has 0 atom stereocenters. The fourth-order valence-electron chi connectivity index (χ4n) is 0.627. The molecule has 2 amide bonds. The number of hydrogen-bond donors (Lipinski definition) is 2. The van der Waals surface area contributed by atoms with Crippen LogP contribution in [0.1, 0.15) is 0 Å². The van der Waals surface area contributed by atoms with Gasteiger partial charge >= 0.3 is 6.03 Å². The van der Waals surface area contributed by atoms with Crippen molar-refractivity contribution in [1.82, 2.24) is 4.73 Å². The molecule has 0 bridgehead atoms. The molecule has 5 heteroatoms. The van der Waals surface area contributed by atoms with E-state index in [2.05, 4.69) is 4.99 Å². The van der Waals surface area contributed by atoms with Crippen molar-refractivity contribution in [3.63, 3.8) is 0 Å². The zero-order chi connectivity index (χ0) is 8.27. The molecular formula is C6H7N3O2. The van der Waals surface area contributed by atoms with Gasteiger partial charge in [-0.3, -0.25) is 0 Å². The third kappa shape index (κ3) is 1.82. The van der Waals surface area contributed by atoms with E-state index in [4.69, 9.17) is 10.9 Å². The minimum Gasteiger partial charge on any atom is -0.427 e. The van der Waals surface area contributed by atoms with Gasteiger partial charge in [-0.2, -0.15) is 9.72 Å². The highest BCUT2D eigenvalue weighted by Crippen LogP contribution is 1.75. The van der Waals surface area contributed by atoms with Crippen LogP contribution >= 0.6 is 0 Å². The van der Waals surface area contributed by atoms with E-state index in [9.17, 15) is 4.79 Å². The van der Waals surface area contributed by atoms with Gasteiger partial charge in [-0.05, 0) is 12.1 Å². The van der Waals surface area contributed by atoms with Crippen LogP contribution in [0, 0.1) is 0 Å². The van der Waals surface area contributed by atoms with E-state index in [0.29, 0.717) is 4.73 Å². The lowest BCUT2D eigenvalue weighted by Crippen LogP contribution is -2.21. The maximum atomic E-state index is 10.3. The average Bonchev–Trinajstić information content (AvgIpc) is 1.93. The van der Waals surface area contributed by atoms with Crippen molar-refractivity contribution in [3.8, 4) is 0 Å². The SMILES string of the molecule is NC(=O)/N=c1/ccccn1O. The minimum atomic E-state index is -0.834. The zero-order valence-electron chi connectivity index (χ0n) is 5.64. The van der Waals surface area contributed by atoms with Gasteiger partial charge in [-0.15, -0.1) is 0 Å². The summed E-state index contributed by atoms with van der Waals surface area (Å²) in [6.45, 7) is 0. The smallest absolute Gasteiger partial charge is 0.340 e. The Morgan fingerprint density at radius 1 is 1.64 bits per heavy atom. The summed E-state index contributed by atoms with van der Waals surface area (Å²) in [5.41, 5.74) is 4.87. The molecule has 11 heavy (non-hydrogen) atoms. The molecule has 1 rings (SSSR count). The standard InChI is InChI=1S/C6H7N3O2/c7-6(10)8-5-3-1-2-4-9(5)11/h1-4,11H,(H2,7,10)/b8-5-. The maximum absolute atomic E-state index is 10.3. The molecule has 0 aliphatic carbocycles. The second-order valence-electron chi connectivity index (χ2n) is 1.85. The summed E-state index contributed by atoms with van der Waals surface area (Å²) in [4.78, 5) is 13.6. The molecule has 0 aliphatic rings. The number of carbonyl (C=O) groups excluding carboxylic acids is 1. The number of hydrogen-bond acceptors (Lipinski definition) is 2.